The summed E-state index contributed by atoms with van der Waals surface area (Å²) in [5.74, 6) is 0.358. The van der Waals surface area contributed by atoms with Gasteiger partial charge in [-0.15, -0.1) is 10.2 Å². The maximum absolute atomic E-state index is 14.6. The van der Waals surface area contributed by atoms with Crippen LogP contribution in [0.4, 0.5) is 23.2 Å². The number of nitrogens with one attached hydrogen (secondary N) is 1. The number of aryl methyl sites for hydroxylation is 1. The standard InChI is InChI=1S/C24H21F4N7O/c1-14-17(13-30-35(14)20-9-7-16(12-29-20)24(26,27)28)23(36)31-19-11-15(6-8-18(19)25)22-33-32-21-5-3-2-4-10-34(21)22/h6-9,11-13H,2-5,10H2,1H3,(H,31,36). The molecule has 0 spiro atoms. The zero-order valence-corrected chi connectivity index (χ0v) is 19.2. The number of benzene rings is 1. The van der Waals surface area contributed by atoms with E-state index in [-0.39, 0.29) is 17.1 Å². The summed E-state index contributed by atoms with van der Waals surface area (Å²) >= 11 is 0. The van der Waals surface area contributed by atoms with Crippen molar-refractivity contribution in [3.63, 3.8) is 0 Å². The molecule has 0 bridgehead atoms. The van der Waals surface area contributed by atoms with Gasteiger partial charge in [0.15, 0.2) is 11.6 Å². The van der Waals surface area contributed by atoms with Crippen molar-refractivity contribution in [2.75, 3.05) is 5.32 Å². The highest BCUT2D eigenvalue weighted by Gasteiger charge is 2.31. The Morgan fingerprint density at radius 3 is 2.64 bits per heavy atom. The number of hydrogen-bond acceptors (Lipinski definition) is 5. The predicted molar refractivity (Wildman–Crippen MR) is 122 cm³/mol. The quantitative estimate of drug-likeness (QED) is 0.401. The summed E-state index contributed by atoms with van der Waals surface area (Å²) in [6, 6.07) is 6.40. The number of alkyl halides is 3. The fourth-order valence-electron chi connectivity index (χ4n) is 4.19. The monoisotopic (exact) mass is 499 g/mol. The van der Waals surface area contributed by atoms with Crippen LogP contribution in [0.15, 0.2) is 42.7 Å². The van der Waals surface area contributed by atoms with Crippen molar-refractivity contribution in [1.29, 1.82) is 0 Å². The molecule has 0 aliphatic carbocycles. The highest BCUT2D eigenvalue weighted by molar-refractivity contribution is 6.05. The Morgan fingerprint density at radius 2 is 1.89 bits per heavy atom. The van der Waals surface area contributed by atoms with E-state index >= 15 is 0 Å². The maximum Gasteiger partial charge on any atom is 0.417 e. The molecule has 186 valence electrons. The highest BCUT2D eigenvalue weighted by Crippen LogP contribution is 2.29. The number of hydrogen-bond donors (Lipinski definition) is 1. The first-order chi connectivity index (χ1) is 17.2. The van der Waals surface area contributed by atoms with Crippen molar-refractivity contribution >= 4 is 11.6 Å². The molecular weight excluding hydrogens is 478 g/mol. The molecule has 1 N–H and O–H groups in total. The molecular formula is C24H21F4N7O. The number of amides is 1. The lowest BCUT2D eigenvalue weighted by atomic mass is 10.1. The van der Waals surface area contributed by atoms with Crippen molar-refractivity contribution in [2.24, 2.45) is 0 Å². The van der Waals surface area contributed by atoms with Crippen LogP contribution in [0.1, 0.15) is 46.7 Å². The summed E-state index contributed by atoms with van der Waals surface area (Å²) in [5.41, 5.74) is 0.142. The highest BCUT2D eigenvalue weighted by atomic mass is 19.4. The molecule has 8 nitrogen and oxygen atoms in total. The fourth-order valence-corrected chi connectivity index (χ4v) is 4.19. The molecule has 0 saturated carbocycles. The summed E-state index contributed by atoms with van der Waals surface area (Å²) in [6.45, 7) is 2.34. The molecule has 0 saturated heterocycles. The topological polar surface area (TPSA) is 90.5 Å². The van der Waals surface area contributed by atoms with Gasteiger partial charge in [-0.3, -0.25) is 4.79 Å². The lowest BCUT2D eigenvalue weighted by Gasteiger charge is -2.11. The van der Waals surface area contributed by atoms with E-state index < -0.39 is 23.5 Å². The third kappa shape index (κ3) is 4.45. The van der Waals surface area contributed by atoms with Crippen molar-refractivity contribution < 1.29 is 22.4 Å². The zero-order chi connectivity index (χ0) is 25.4. The van der Waals surface area contributed by atoms with E-state index in [9.17, 15) is 22.4 Å². The normalized spacial score (nSPS) is 13.8. The maximum atomic E-state index is 14.6. The van der Waals surface area contributed by atoms with Gasteiger partial charge < -0.3 is 9.88 Å². The van der Waals surface area contributed by atoms with Crippen LogP contribution in [0.3, 0.4) is 0 Å². The van der Waals surface area contributed by atoms with Crippen LogP contribution in [0.5, 0.6) is 0 Å². The smallest absolute Gasteiger partial charge is 0.319 e. The minimum absolute atomic E-state index is 0.0386. The van der Waals surface area contributed by atoms with Gasteiger partial charge in [0.1, 0.15) is 11.6 Å². The van der Waals surface area contributed by atoms with Gasteiger partial charge in [-0.25, -0.2) is 14.1 Å². The molecule has 5 rings (SSSR count). The summed E-state index contributed by atoms with van der Waals surface area (Å²) in [6.07, 6.45) is 1.40. The van der Waals surface area contributed by atoms with E-state index in [0.717, 1.165) is 50.2 Å². The molecule has 0 unspecified atom stereocenters. The zero-order valence-electron chi connectivity index (χ0n) is 19.2. The number of anilines is 1. The Kier molecular flexibility index (Phi) is 6.02. The molecule has 3 aromatic heterocycles. The second-order valence-electron chi connectivity index (χ2n) is 8.51. The molecule has 4 aromatic rings. The molecule has 4 heterocycles. The Morgan fingerprint density at radius 1 is 1.06 bits per heavy atom. The van der Waals surface area contributed by atoms with Gasteiger partial charge >= 0.3 is 6.18 Å². The van der Waals surface area contributed by atoms with Gasteiger partial charge in [0, 0.05) is 24.7 Å². The largest absolute Gasteiger partial charge is 0.417 e. The van der Waals surface area contributed by atoms with Gasteiger partial charge in [-0.1, -0.05) is 6.42 Å². The van der Waals surface area contributed by atoms with Crippen molar-refractivity contribution in [2.45, 2.75) is 45.3 Å². The summed E-state index contributed by atoms with van der Waals surface area (Å²) in [4.78, 5) is 16.8. The second kappa shape index (κ2) is 9.17. The number of nitrogens with zero attached hydrogens (tertiary/aromatic N) is 6. The molecule has 0 radical (unpaired) electrons. The molecule has 36 heavy (non-hydrogen) atoms. The first-order valence-electron chi connectivity index (χ1n) is 11.3. The van der Waals surface area contributed by atoms with Crippen LogP contribution in [0.25, 0.3) is 17.2 Å². The van der Waals surface area contributed by atoms with E-state index in [0.29, 0.717) is 23.3 Å². The molecule has 1 aromatic carbocycles. The number of rotatable bonds is 4. The first-order valence-corrected chi connectivity index (χ1v) is 11.3. The van der Waals surface area contributed by atoms with Gasteiger partial charge in [0.2, 0.25) is 0 Å². The molecule has 12 heteroatoms. The van der Waals surface area contributed by atoms with Crippen LogP contribution in [-0.2, 0) is 19.1 Å². The third-order valence-corrected chi connectivity index (χ3v) is 6.13. The summed E-state index contributed by atoms with van der Waals surface area (Å²) in [7, 11) is 0. The number of aromatic nitrogens is 6. The molecule has 0 atom stereocenters. The van der Waals surface area contributed by atoms with Crippen molar-refractivity contribution in [3.8, 4) is 17.2 Å². The van der Waals surface area contributed by atoms with E-state index in [2.05, 4.69) is 25.6 Å². The summed E-state index contributed by atoms with van der Waals surface area (Å²) < 4.78 is 56.3. The Balaban J connectivity index is 1.39. The van der Waals surface area contributed by atoms with Crippen molar-refractivity contribution in [1.82, 2.24) is 29.5 Å². The van der Waals surface area contributed by atoms with E-state index in [1.54, 1.807) is 13.0 Å². The number of carbonyl (C=O) groups excluding carboxylic acids is 1. The van der Waals surface area contributed by atoms with E-state index in [1.165, 1.54) is 23.0 Å². The first kappa shape index (κ1) is 23.6. The van der Waals surface area contributed by atoms with Gasteiger partial charge in [-0.2, -0.15) is 18.3 Å². The number of pyridine rings is 1. The molecule has 0 fully saturated rings. The third-order valence-electron chi connectivity index (χ3n) is 6.13. The summed E-state index contributed by atoms with van der Waals surface area (Å²) in [5, 5.41) is 15.2. The van der Waals surface area contributed by atoms with Crippen LogP contribution in [0, 0.1) is 12.7 Å². The SMILES string of the molecule is Cc1c(C(=O)Nc2cc(-c3nnc4n3CCCCC4)ccc2F)cnn1-c1ccc(C(F)(F)F)cn1. The number of carbonyl (C=O) groups is 1. The minimum Gasteiger partial charge on any atom is -0.319 e. The minimum atomic E-state index is -4.51. The Labute approximate surface area is 203 Å². The van der Waals surface area contributed by atoms with Gasteiger partial charge in [-0.05, 0) is 50.1 Å². The van der Waals surface area contributed by atoms with Crippen LogP contribution >= 0.6 is 0 Å². The van der Waals surface area contributed by atoms with Crippen molar-refractivity contribution in [3.05, 3.63) is 71.2 Å². The van der Waals surface area contributed by atoms with Crippen LogP contribution in [0.2, 0.25) is 0 Å². The molecule has 1 aliphatic rings. The van der Waals surface area contributed by atoms with Crippen LogP contribution < -0.4 is 5.32 Å². The fraction of sp³-hybridized carbons (Fsp3) is 0.292. The second-order valence-corrected chi connectivity index (χ2v) is 8.51. The molecule has 1 aliphatic heterocycles. The number of fused-ring (bicyclic) bond motifs is 1. The van der Waals surface area contributed by atoms with Gasteiger partial charge in [0.05, 0.1) is 28.7 Å². The predicted octanol–water partition coefficient (Wildman–Crippen LogP) is 4.97. The average molecular weight is 499 g/mol. The Hall–Kier alpha value is -4.09. The van der Waals surface area contributed by atoms with Gasteiger partial charge in [0.25, 0.3) is 5.91 Å². The van der Waals surface area contributed by atoms with E-state index in [4.69, 9.17) is 0 Å². The lowest BCUT2D eigenvalue weighted by molar-refractivity contribution is -0.137. The Bertz CT molecular complexity index is 1420. The lowest BCUT2D eigenvalue weighted by Crippen LogP contribution is -2.14. The van der Waals surface area contributed by atoms with E-state index in [1.807, 2.05) is 4.57 Å². The average Bonchev–Trinajstić information content (AvgIpc) is 3.35. The number of halogens is 4. The van der Waals surface area contributed by atoms with Crippen LogP contribution in [-0.4, -0.2) is 35.4 Å². The molecule has 1 amide bonds.